The average molecular weight is 572 g/mol. The zero-order chi connectivity index (χ0) is 30.4. The van der Waals surface area contributed by atoms with Crippen LogP contribution in [0.4, 0.5) is 4.39 Å². The van der Waals surface area contributed by atoms with Gasteiger partial charge in [-0.15, -0.1) is 0 Å². The van der Waals surface area contributed by atoms with E-state index >= 15 is 0 Å². The Kier molecular flexibility index (Phi) is 12.8. The molecule has 2 aromatic rings. The molecule has 0 aliphatic rings. The third-order valence-corrected chi connectivity index (χ3v) is 6.02. The second-order valence-corrected chi connectivity index (χ2v) is 9.17. The molecule has 0 heterocycles. The number of rotatable bonds is 15. The predicted octanol–water partition coefficient (Wildman–Crippen LogP) is -0.581. The zero-order valence-electron chi connectivity index (χ0n) is 22.9. The smallest absolute Gasteiger partial charge is 0.245 e. The number of halogens is 1. The number of likely N-dealkylation sites (N-methyl/N-ethyl adjacent to an activating group) is 1. The highest BCUT2D eigenvalue weighted by Gasteiger charge is 2.26. The van der Waals surface area contributed by atoms with Gasteiger partial charge < -0.3 is 43.6 Å². The van der Waals surface area contributed by atoms with E-state index in [1.807, 2.05) is 0 Å². The molecule has 2 aromatic carbocycles. The van der Waals surface area contributed by atoms with Gasteiger partial charge in [-0.1, -0.05) is 30.3 Å². The van der Waals surface area contributed by atoms with Gasteiger partial charge in [0.2, 0.25) is 17.7 Å². The molecule has 222 valence electrons. The molecule has 0 saturated heterocycles. The van der Waals surface area contributed by atoms with Crippen molar-refractivity contribution in [3.8, 4) is 5.75 Å². The Labute approximate surface area is 237 Å². The van der Waals surface area contributed by atoms with Crippen LogP contribution in [-0.2, 0) is 27.3 Å². The van der Waals surface area contributed by atoms with Crippen molar-refractivity contribution in [2.75, 3.05) is 19.6 Å². The average Bonchev–Trinajstić information content (AvgIpc) is 2.93. The first-order valence-corrected chi connectivity index (χ1v) is 13.0. The van der Waals surface area contributed by atoms with Crippen LogP contribution in [0.25, 0.3) is 0 Å². The molecule has 11 N–H and O–H groups in total. The van der Waals surface area contributed by atoms with E-state index in [-0.39, 0.29) is 50.1 Å². The largest absolute Gasteiger partial charge is 0.508 e. The van der Waals surface area contributed by atoms with E-state index in [0.717, 1.165) is 0 Å². The lowest BCUT2D eigenvalue weighted by molar-refractivity contribution is -0.134. The molecule has 14 heteroatoms. The van der Waals surface area contributed by atoms with Crippen molar-refractivity contribution in [2.45, 2.75) is 44.8 Å². The van der Waals surface area contributed by atoms with Crippen molar-refractivity contribution in [3.63, 3.8) is 0 Å². The number of hydrogen-bond donors (Lipinski definition) is 7. The highest BCUT2D eigenvalue weighted by atomic mass is 19.1. The molecule has 0 spiro atoms. The first-order chi connectivity index (χ1) is 19.5. The summed E-state index contributed by atoms with van der Waals surface area (Å²) in [6.07, 6.45) is 0.568. The Morgan fingerprint density at radius 1 is 1.00 bits per heavy atom. The fourth-order valence-corrected chi connectivity index (χ4v) is 3.88. The minimum Gasteiger partial charge on any atom is -0.508 e. The summed E-state index contributed by atoms with van der Waals surface area (Å²) in [5, 5.41) is 14.7. The number of guanidine groups is 2. The number of nitrogens with zero attached hydrogens (tertiary/aromatic N) is 3. The fraction of sp³-hybridized carbons (Fsp3) is 0.370. The first-order valence-electron chi connectivity index (χ1n) is 13.0. The van der Waals surface area contributed by atoms with Crippen molar-refractivity contribution in [1.29, 1.82) is 0 Å². The number of carbonyl (C=O) groups is 3. The number of amides is 3. The second kappa shape index (κ2) is 16.3. The number of phenols is 1. The number of aliphatic imine (C=N–C) groups is 2. The Morgan fingerprint density at radius 3 is 2.29 bits per heavy atom. The van der Waals surface area contributed by atoms with Crippen LogP contribution in [0, 0.1) is 5.82 Å². The number of carbonyl (C=O) groups excluding carboxylic acids is 3. The van der Waals surface area contributed by atoms with Crippen LogP contribution in [0.2, 0.25) is 0 Å². The Bertz CT molecular complexity index is 1230. The fourth-order valence-electron chi connectivity index (χ4n) is 3.88. The van der Waals surface area contributed by atoms with Gasteiger partial charge in [0.25, 0.3) is 0 Å². The van der Waals surface area contributed by atoms with Gasteiger partial charge in [-0.3, -0.25) is 19.4 Å². The summed E-state index contributed by atoms with van der Waals surface area (Å²) in [4.78, 5) is 48.4. The maximum absolute atomic E-state index is 14.1. The van der Waals surface area contributed by atoms with Crippen molar-refractivity contribution < 1.29 is 23.9 Å². The molecule has 0 fully saturated rings. The minimum absolute atomic E-state index is 0.0357. The van der Waals surface area contributed by atoms with Crippen LogP contribution in [0.1, 0.15) is 30.9 Å². The summed E-state index contributed by atoms with van der Waals surface area (Å²) in [5.74, 6) is -2.50. The molecule has 3 amide bonds. The molecule has 0 bridgehead atoms. The third kappa shape index (κ3) is 11.4. The molecule has 0 aromatic heterocycles. The summed E-state index contributed by atoms with van der Waals surface area (Å²) < 4.78 is 14.1. The van der Waals surface area contributed by atoms with E-state index in [9.17, 15) is 23.9 Å². The molecular formula is C27H38FN9O4. The highest BCUT2D eigenvalue weighted by molar-refractivity contribution is 5.93. The monoisotopic (exact) mass is 571 g/mol. The summed E-state index contributed by atoms with van der Waals surface area (Å²) in [6, 6.07) is 10.1. The molecule has 0 radical (unpaired) electrons. The summed E-state index contributed by atoms with van der Waals surface area (Å²) in [5.41, 5.74) is 22.8. The van der Waals surface area contributed by atoms with Crippen LogP contribution >= 0.6 is 0 Å². The van der Waals surface area contributed by atoms with Crippen LogP contribution < -0.4 is 33.6 Å². The lowest BCUT2D eigenvalue weighted by atomic mass is 10.0. The van der Waals surface area contributed by atoms with Crippen LogP contribution in [0.15, 0.2) is 58.5 Å². The number of phenolic OH excluding ortho intramolecular Hbond substituents is 1. The summed E-state index contributed by atoms with van der Waals surface area (Å²) in [6.45, 7) is 1.91. The number of hydrogen-bond acceptors (Lipinski definition) is 6. The topological polar surface area (TPSA) is 228 Å². The van der Waals surface area contributed by atoms with Gasteiger partial charge in [0.05, 0.1) is 6.54 Å². The molecule has 2 atom stereocenters. The highest BCUT2D eigenvalue weighted by Crippen LogP contribution is 2.13. The van der Waals surface area contributed by atoms with E-state index in [0.29, 0.717) is 24.1 Å². The maximum Gasteiger partial charge on any atom is 0.245 e. The number of benzene rings is 2. The standard InChI is InChI=1S/C27H38FN9O4/c1-2-37(16-18-6-3-4-7-20(18)28)23(39)15-34-24(40)21(8-5-13-33-26(29)30)35-25(41)22(36-27(31)32)14-17-9-11-19(38)12-10-17/h3-4,6-7,9-12,21-22,38H,2,5,8,13-16H2,1H3,(H,34,40)(H,35,41)(H4,29,30,33)(H4,31,32,36)/t21-,22+/m1/s1. The molecule has 0 unspecified atom stereocenters. The molecule has 13 nitrogen and oxygen atoms in total. The van der Waals surface area contributed by atoms with Gasteiger partial charge in [-0.25, -0.2) is 9.38 Å². The van der Waals surface area contributed by atoms with E-state index < -0.39 is 35.6 Å². The minimum atomic E-state index is -1.07. The lowest BCUT2D eigenvalue weighted by Crippen LogP contribution is -2.52. The van der Waals surface area contributed by atoms with E-state index in [1.165, 1.54) is 23.1 Å². The summed E-state index contributed by atoms with van der Waals surface area (Å²) >= 11 is 0. The van der Waals surface area contributed by atoms with Gasteiger partial charge in [0.15, 0.2) is 11.9 Å². The van der Waals surface area contributed by atoms with Crippen molar-refractivity contribution in [2.24, 2.45) is 32.9 Å². The molecular weight excluding hydrogens is 533 g/mol. The second-order valence-electron chi connectivity index (χ2n) is 9.17. The van der Waals surface area contributed by atoms with Crippen molar-refractivity contribution in [1.82, 2.24) is 15.5 Å². The predicted molar refractivity (Wildman–Crippen MR) is 154 cm³/mol. The van der Waals surface area contributed by atoms with Crippen LogP contribution in [0.5, 0.6) is 5.75 Å². The van der Waals surface area contributed by atoms with Gasteiger partial charge >= 0.3 is 0 Å². The first kappa shape index (κ1) is 32.3. The SMILES string of the molecule is CCN(Cc1ccccc1F)C(=O)CNC(=O)[C@@H](CCCN=C(N)N)NC(=O)[C@H](Cc1ccc(O)cc1)N=C(N)N. The molecule has 2 rings (SSSR count). The van der Waals surface area contributed by atoms with E-state index in [4.69, 9.17) is 22.9 Å². The quantitative estimate of drug-likeness (QED) is 0.0829. The van der Waals surface area contributed by atoms with E-state index in [2.05, 4.69) is 20.6 Å². The zero-order valence-corrected chi connectivity index (χ0v) is 22.9. The molecule has 0 saturated carbocycles. The van der Waals surface area contributed by atoms with Gasteiger partial charge in [0.1, 0.15) is 23.7 Å². The van der Waals surface area contributed by atoms with E-state index in [1.54, 1.807) is 37.3 Å². The number of nitrogens with two attached hydrogens (primary N) is 4. The Morgan fingerprint density at radius 2 is 1.68 bits per heavy atom. The molecule has 0 aliphatic heterocycles. The van der Waals surface area contributed by atoms with Gasteiger partial charge in [0, 0.05) is 31.6 Å². The maximum atomic E-state index is 14.1. The molecule has 0 aliphatic carbocycles. The lowest BCUT2D eigenvalue weighted by Gasteiger charge is -2.23. The van der Waals surface area contributed by atoms with Crippen molar-refractivity contribution >= 4 is 29.6 Å². The Balaban J connectivity index is 2.12. The van der Waals surface area contributed by atoms with Gasteiger partial charge in [-0.05, 0) is 43.5 Å². The number of aromatic hydroxyl groups is 1. The van der Waals surface area contributed by atoms with Crippen LogP contribution in [0.3, 0.4) is 0 Å². The number of nitrogens with one attached hydrogen (secondary N) is 2. The normalized spacial score (nSPS) is 12.0. The van der Waals surface area contributed by atoms with Crippen LogP contribution in [-0.4, -0.2) is 71.4 Å². The van der Waals surface area contributed by atoms with Gasteiger partial charge in [-0.2, -0.15) is 0 Å². The summed E-state index contributed by atoms with van der Waals surface area (Å²) in [7, 11) is 0. The Hall–Kier alpha value is -4.88. The van der Waals surface area contributed by atoms with Crippen molar-refractivity contribution in [3.05, 3.63) is 65.5 Å². The molecule has 41 heavy (non-hydrogen) atoms. The third-order valence-electron chi connectivity index (χ3n) is 6.02.